The summed E-state index contributed by atoms with van der Waals surface area (Å²) in [5.74, 6) is 0. The van der Waals surface area contributed by atoms with Crippen LogP contribution in [0.4, 0.5) is 0 Å². The van der Waals surface area contributed by atoms with Crippen LogP contribution in [0, 0.1) is 0 Å². The van der Waals surface area contributed by atoms with E-state index in [0.717, 1.165) is 6.54 Å². The van der Waals surface area contributed by atoms with Crippen molar-refractivity contribution in [1.29, 1.82) is 0 Å². The second-order valence-electron chi connectivity index (χ2n) is 2.62. The Kier molecular flexibility index (Phi) is 3.91. The molecule has 0 unspecified atom stereocenters. The molecule has 0 aromatic carbocycles. The highest BCUT2D eigenvalue weighted by Gasteiger charge is 2.04. The molecule has 0 spiro atoms. The van der Waals surface area contributed by atoms with Crippen LogP contribution in [0.1, 0.15) is 5.56 Å². The topological polar surface area (TPSA) is 16.1 Å². The Morgan fingerprint density at radius 3 is 2.83 bits per heavy atom. The Hall–Kier alpha value is -0.190. The summed E-state index contributed by atoms with van der Waals surface area (Å²) in [5.41, 5.74) is 1.17. The zero-order chi connectivity index (χ0) is 8.97. The number of hydrogen-bond donors (Lipinski definition) is 2. The van der Waals surface area contributed by atoms with Gasteiger partial charge in [-0.25, -0.2) is 0 Å². The number of nitrogens with zero attached hydrogens (tertiary/aromatic N) is 2. The molecule has 1 rings (SSSR count). The summed E-state index contributed by atoms with van der Waals surface area (Å²) in [4.78, 5) is 6.04. The van der Waals surface area contributed by atoms with Crippen LogP contribution in [0.25, 0.3) is 0 Å². The average molecular weight is 200 g/mol. The van der Waals surface area contributed by atoms with Gasteiger partial charge in [0.15, 0.2) is 0 Å². The van der Waals surface area contributed by atoms with Crippen molar-refractivity contribution in [1.82, 2.24) is 9.88 Å². The molecule has 0 bridgehead atoms. The second-order valence-corrected chi connectivity index (χ2v) is 4.01. The van der Waals surface area contributed by atoms with Crippen molar-refractivity contribution in [2.45, 2.75) is 11.3 Å². The quantitative estimate of drug-likeness (QED) is 0.570. The molecular formula is C8H12N2S2. The van der Waals surface area contributed by atoms with Gasteiger partial charge < -0.3 is 0 Å². The van der Waals surface area contributed by atoms with Crippen LogP contribution >= 0.6 is 25.3 Å². The van der Waals surface area contributed by atoms with Crippen molar-refractivity contribution in [2.75, 3.05) is 7.05 Å². The summed E-state index contributed by atoms with van der Waals surface area (Å²) >= 11 is 8.39. The van der Waals surface area contributed by atoms with Crippen molar-refractivity contribution in [2.24, 2.45) is 0 Å². The number of aromatic nitrogens is 1. The van der Waals surface area contributed by atoms with Gasteiger partial charge in [-0.3, -0.25) is 9.88 Å². The van der Waals surface area contributed by atoms with E-state index in [9.17, 15) is 0 Å². The Labute approximate surface area is 83.8 Å². The molecule has 2 nitrogen and oxygen atoms in total. The number of thiol groups is 2. The van der Waals surface area contributed by atoms with Crippen molar-refractivity contribution >= 4 is 25.3 Å². The third-order valence-electron chi connectivity index (χ3n) is 1.55. The Morgan fingerprint density at radius 2 is 2.33 bits per heavy atom. The molecular weight excluding hydrogens is 188 g/mol. The Morgan fingerprint density at radius 1 is 1.58 bits per heavy atom. The molecule has 0 N–H and O–H groups in total. The molecule has 1 heterocycles. The molecule has 1 aromatic rings. The second kappa shape index (κ2) is 4.74. The third kappa shape index (κ3) is 3.05. The molecule has 12 heavy (non-hydrogen) atoms. The molecule has 4 heteroatoms. The Balaban J connectivity index is 2.53. The maximum atomic E-state index is 4.19. The predicted molar refractivity (Wildman–Crippen MR) is 57.5 cm³/mol. The van der Waals surface area contributed by atoms with E-state index in [1.807, 2.05) is 30.3 Å². The summed E-state index contributed by atoms with van der Waals surface area (Å²) in [6.07, 6.45) is 3.61. The lowest BCUT2D eigenvalue weighted by molar-refractivity contribution is 0.368. The maximum Gasteiger partial charge on any atom is 0.0970 e. The fourth-order valence-electron chi connectivity index (χ4n) is 0.861. The average Bonchev–Trinajstić information content (AvgIpc) is 2.06. The van der Waals surface area contributed by atoms with Crippen LogP contribution < -0.4 is 0 Å². The monoisotopic (exact) mass is 200 g/mol. The van der Waals surface area contributed by atoms with Gasteiger partial charge in [0.25, 0.3) is 0 Å². The zero-order valence-electron chi connectivity index (χ0n) is 6.88. The van der Waals surface area contributed by atoms with Gasteiger partial charge in [0.2, 0.25) is 0 Å². The van der Waals surface area contributed by atoms with Gasteiger partial charge in [0, 0.05) is 18.9 Å². The van der Waals surface area contributed by atoms with Crippen LogP contribution in [0.2, 0.25) is 0 Å². The highest BCUT2D eigenvalue weighted by atomic mass is 32.2. The van der Waals surface area contributed by atoms with Gasteiger partial charge in [-0.2, -0.15) is 0 Å². The van der Waals surface area contributed by atoms with Gasteiger partial charge in [-0.1, -0.05) is 6.07 Å². The lowest BCUT2D eigenvalue weighted by Gasteiger charge is -2.18. The molecule has 0 saturated carbocycles. The maximum absolute atomic E-state index is 4.19. The number of hydrogen-bond acceptors (Lipinski definition) is 4. The molecule has 1 aromatic heterocycles. The summed E-state index contributed by atoms with van der Waals surface area (Å²) < 4.78 is -0.0230. The number of rotatable bonds is 3. The van der Waals surface area contributed by atoms with Crippen LogP contribution in [0.3, 0.4) is 0 Å². The molecule has 0 aliphatic rings. The van der Waals surface area contributed by atoms with Crippen LogP contribution in [-0.2, 0) is 6.54 Å². The van der Waals surface area contributed by atoms with Crippen LogP contribution in [-0.4, -0.2) is 21.6 Å². The predicted octanol–water partition coefficient (Wildman–Crippen LogP) is 1.66. The molecule has 0 aliphatic carbocycles. The first kappa shape index (κ1) is 9.89. The van der Waals surface area contributed by atoms with Crippen molar-refractivity contribution in [3.05, 3.63) is 30.1 Å². The minimum absolute atomic E-state index is 0.0230. The van der Waals surface area contributed by atoms with E-state index < -0.39 is 0 Å². The highest BCUT2D eigenvalue weighted by Crippen LogP contribution is 2.09. The molecule has 0 amide bonds. The SMILES string of the molecule is CN(Cc1cccnc1)C(S)S. The molecule has 0 saturated heterocycles. The van der Waals surface area contributed by atoms with E-state index in [1.165, 1.54) is 5.56 Å². The fraction of sp³-hybridized carbons (Fsp3) is 0.375. The molecule has 66 valence electrons. The molecule has 0 fully saturated rings. The largest absolute Gasteiger partial charge is 0.282 e. The van der Waals surface area contributed by atoms with E-state index in [-0.39, 0.29) is 4.71 Å². The first-order valence-electron chi connectivity index (χ1n) is 3.65. The lowest BCUT2D eigenvalue weighted by atomic mass is 10.3. The van der Waals surface area contributed by atoms with Crippen LogP contribution in [0.15, 0.2) is 24.5 Å². The Bertz CT molecular complexity index is 226. The van der Waals surface area contributed by atoms with Crippen molar-refractivity contribution < 1.29 is 0 Å². The third-order valence-corrected chi connectivity index (χ3v) is 2.34. The van der Waals surface area contributed by atoms with E-state index in [1.54, 1.807) is 6.20 Å². The minimum atomic E-state index is -0.0230. The molecule has 0 atom stereocenters. The van der Waals surface area contributed by atoms with E-state index in [2.05, 4.69) is 30.2 Å². The normalized spacial score (nSPS) is 11.1. The van der Waals surface area contributed by atoms with Gasteiger partial charge in [-0.05, 0) is 18.7 Å². The first-order valence-corrected chi connectivity index (χ1v) is 4.68. The van der Waals surface area contributed by atoms with Crippen molar-refractivity contribution in [3.8, 4) is 0 Å². The molecule has 0 aliphatic heterocycles. The molecule has 0 radical (unpaired) electrons. The number of pyridine rings is 1. The van der Waals surface area contributed by atoms with Crippen LogP contribution in [0.5, 0.6) is 0 Å². The van der Waals surface area contributed by atoms with Gasteiger partial charge >= 0.3 is 0 Å². The van der Waals surface area contributed by atoms with Gasteiger partial charge in [0.05, 0.1) is 4.71 Å². The van der Waals surface area contributed by atoms with E-state index >= 15 is 0 Å². The van der Waals surface area contributed by atoms with E-state index in [0.29, 0.717) is 0 Å². The van der Waals surface area contributed by atoms with E-state index in [4.69, 9.17) is 0 Å². The summed E-state index contributed by atoms with van der Waals surface area (Å²) in [5, 5.41) is 0. The summed E-state index contributed by atoms with van der Waals surface area (Å²) in [6, 6.07) is 3.96. The van der Waals surface area contributed by atoms with Crippen molar-refractivity contribution in [3.63, 3.8) is 0 Å². The van der Waals surface area contributed by atoms with Gasteiger partial charge in [-0.15, -0.1) is 25.3 Å². The fourth-order valence-corrected chi connectivity index (χ4v) is 1.02. The zero-order valence-corrected chi connectivity index (χ0v) is 8.67. The summed E-state index contributed by atoms with van der Waals surface area (Å²) in [6.45, 7) is 0.825. The smallest absolute Gasteiger partial charge is 0.0970 e. The highest BCUT2D eigenvalue weighted by molar-refractivity contribution is 7.99. The summed E-state index contributed by atoms with van der Waals surface area (Å²) in [7, 11) is 1.97. The lowest BCUT2D eigenvalue weighted by Crippen LogP contribution is -2.22. The van der Waals surface area contributed by atoms with Gasteiger partial charge in [0.1, 0.15) is 0 Å². The standard InChI is InChI=1S/C8H12N2S2/c1-10(8(11)12)6-7-3-2-4-9-5-7/h2-5,8,11-12H,6H2,1H3. The first-order chi connectivity index (χ1) is 5.70. The minimum Gasteiger partial charge on any atom is -0.282 e.